The maximum absolute atomic E-state index is 14.5. The quantitative estimate of drug-likeness (QED) is 0.564. The molecule has 3 rings (SSSR count). The number of H-pyrrole nitrogens is 1. The number of nitrogens with one attached hydrogen (secondary N) is 1. The molecule has 3 nitrogen and oxygen atoms in total. The Morgan fingerprint density at radius 2 is 1.90 bits per heavy atom. The lowest BCUT2D eigenvalue weighted by Crippen LogP contribution is -2.47. The predicted molar refractivity (Wildman–Crippen MR) is 111 cm³/mol. The van der Waals surface area contributed by atoms with E-state index in [4.69, 9.17) is 27.9 Å². The van der Waals surface area contributed by atoms with E-state index in [2.05, 4.69) is 16.8 Å². The highest BCUT2D eigenvalue weighted by molar-refractivity contribution is 6.35. The summed E-state index contributed by atoms with van der Waals surface area (Å²) in [4.78, 5) is 15.1. The first kappa shape index (κ1) is 22.7. The molecule has 160 valence electrons. The van der Waals surface area contributed by atoms with Crippen molar-refractivity contribution >= 4 is 23.2 Å². The monoisotopic (exact) mass is 457 g/mol. The fraction of sp³-hybridized carbons (Fsp3) is 0.409. The van der Waals surface area contributed by atoms with Crippen LogP contribution in [-0.4, -0.2) is 11.2 Å². The van der Waals surface area contributed by atoms with Gasteiger partial charge in [0.1, 0.15) is 0 Å². The lowest BCUT2D eigenvalue weighted by Gasteiger charge is -2.31. The van der Waals surface area contributed by atoms with Gasteiger partial charge in [0, 0.05) is 21.7 Å². The zero-order valence-electron chi connectivity index (χ0n) is 16.4. The summed E-state index contributed by atoms with van der Waals surface area (Å²) in [6, 6.07) is 5.65. The first-order valence-electron chi connectivity index (χ1n) is 9.48. The van der Waals surface area contributed by atoms with E-state index in [1.165, 1.54) is 24.3 Å². The van der Waals surface area contributed by atoms with Crippen LogP contribution in [0, 0.1) is 24.7 Å². The van der Waals surface area contributed by atoms with Crippen molar-refractivity contribution in [3.05, 3.63) is 67.0 Å². The van der Waals surface area contributed by atoms with Gasteiger partial charge < -0.3 is 9.72 Å². The third kappa shape index (κ3) is 4.69. The molecule has 2 aromatic rings. The molecule has 1 saturated carbocycles. The second-order valence-corrected chi connectivity index (χ2v) is 8.11. The number of rotatable bonds is 5. The molecule has 1 N–H and O–H groups in total. The molecule has 0 unspecified atom stereocenters. The smallest absolute Gasteiger partial charge is 0.345 e. The van der Waals surface area contributed by atoms with Crippen molar-refractivity contribution < 1.29 is 17.9 Å². The van der Waals surface area contributed by atoms with Crippen molar-refractivity contribution in [3.63, 3.8) is 0 Å². The van der Waals surface area contributed by atoms with Crippen molar-refractivity contribution in [2.45, 2.75) is 51.5 Å². The van der Waals surface area contributed by atoms with Gasteiger partial charge in [-0.15, -0.1) is 0 Å². The Labute approximate surface area is 182 Å². The summed E-state index contributed by atoms with van der Waals surface area (Å²) in [5.74, 6) is 4.80. The zero-order chi connectivity index (χ0) is 22.1. The van der Waals surface area contributed by atoms with E-state index in [1.54, 1.807) is 13.8 Å². The van der Waals surface area contributed by atoms with Gasteiger partial charge in [0.2, 0.25) is 0 Å². The SMILES string of the molecule is CCc1cc([C@](C#CC2CC2)(OCc2ccc(Cl)cc2Cl)C(F)(F)F)c(=O)[nH]c1C. The van der Waals surface area contributed by atoms with Gasteiger partial charge in [-0.1, -0.05) is 48.0 Å². The number of aromatic nitrogens is 1. The van der Waals surface area contributed by atoms with E-state index in [-0.39, 0.29) is 10.9 Å². The first-order valence-corrected chi connectivity index (χ1v) is 10.2. The van der Waals surface area contributed by atoms with Crippen molar-refractivity contribution in [1.82, 2.24) is 4.98 Å². The zero-order valence-corrected chi connectivity index (χ0v) is 17.9. The molecule has 1 aliphatic rings. The molecular formula is C22H20Cl2F3NO2. The van der Waals surface area contributed by atoms with Crippen molar-refractivity contribution in [3.8, 4) is 11.8 Å². The molecule has 1 aromatic heterocycles. The molecule has 0 radical (unpaired) electrons. The summed E-state index contributed by atoms with van der Waals surface area (Å²) in [6.45, 7) is 2.94. The third-order valence-electron chi connectivity index (χ3n) is 4.99. The summed E-state index contributed by atoms with van der Waals surface area (Å²) < 4.78 is 48.9. The minimum absolute atomic E-state index is 0.121. The Kier molecular flexibility index (Phi) is 6.57. The summed E-state index contributed by atoms with van der Waals surface area (Å²) in [7, 11) is 0. The van der Waals surface area contributed by atoms with Crippen LogP contribution in [0.25, 0.3) is 0 Å². The van der Waals surface area contributed by atoms with E-state index in [0.29, 0.717) is 28.3 Å². The van der Waals surface area contributed by atoms with Gasteiger partial charge in [0.15, 0.2) is 0 Å². The van der Waals surface area contributed by atoms with Crippen LogP contribution in [-0.2, 0) is 23.4 Å². The highest BCUT2D eigenvalue weighted by Gasteiger charge is 2.58. The average molecular weight is 458 g/mol. The highest BCUT2D eigenvalue weighted by Crippen LogP contribution is 2.43. The van der Waals surface area contributed by atoms with Gasteiger partial charge in [0.05, 0.1) is 12.2 Å². The first-order chi connectivity index (χ1) is 14.1. The van der Waals surface area contributed by atoms with E-state index < -0.39 is 29.5 Å². The Morgan fingerprint density at radius 3 is 2.47 bits per heavy atom. The van der Waals surface area contributed by atoms with Crippen LogP contribution in [0.1, 0.15) is 42.1 Å². The molecule has 1 fully saturated rings. The maximum atomic E-state index is 14.5. The summed E-state index contributed by atoms with van der Waals surface area (Å²) in [6.07, 6.45) is -3.05. The van der Waals surface area contributed by atoms with Gasteiger partial charge in [0.25, 0.3) is 11.2 Å². The van der Waals surface area contributed by atoms with Gasteiger partial charge in [-0.25, -0.2) is 0 Å². The van der Waals surface area contributed by atoms with Crippen LogP contribution < -0.4 is 5.56 Å². The molecule has 30 heavy (non-hydrogen) atoms. The molecule has 0 amide bonds. The van der Waals surface area contributed by atoms with Gasteiger partial charge in [-0.05, 0) is 55.5 Å². The van der Waals surface area contributed by atoms with Crippen molar-refractivity contribution in [2.75, 3.05) is 0 Å². The molecular weight excluding hydrogens is 438 g/mol. The number of aromatic amines is 1. The lowest BCUT2D eigenvalue weighted by atomic mass is 9.91. The highest BCUT2D eigenvalue weighted by atomic mass is 35.5. The Morgan fingerprint density at radius 1 is 1.20 bits per heavy atom. The van der Waals surface area contributed by atoms with Crippen LogP contribution >= 0.6 is 23.2 Å². The molecule has 1 heterocycles. The molecule has 1 atom stereocenters. The summed E-state index contributed by atoms with van der Waals surface area (Å²) in [5, 5.41) is 0.516. The number of halogens is 5. The fourth-order valence-corrected chi connectivity index (χ4v) is 3.50. The largest absolute Gasteiger partial charge is 0.433 e. The minimum atomic E-state index is -4.96. The predicted octanol–water partition coefficient (Wildman–Crippen LogP) is 5.94. The normalized spacial score (nSPS) is 16.0. The number of alkyl halides is 3. The summed E-state index contributed by atoms with van der Waals surface area (Å²) >= 11 is 12.0. The van der Waals surface area contributed by atoms with E-state index in [1.807, 2.05) is 0 Å². The van der Waals surface area contributed by atoms with Crippen LogP contribution in [0.4, 0.5) is 13.2 Å². The number of hydrogen-bond acceptors (Lipinski definition) is 2. The molecule has 0 spiro atoms. The summed E-state index contributed by atoms with van der Waals surface area (Å²) in [5.41, 5.74) is -3.13. The van der Waals surface area contributed by atoms with Crippen LogP contribution in [0.5, 0.6) is 0 Å². The Hall–Kier alpha value is -1.94. The maximum Gasteiger partial charge on any atom is 0.433 e. The Balaban J connectivity index is 2.15. The van der Waals surface area contributed by atoms with Gasteiger partial charge >= 0.3 is 6.18 Å². The van der Waals surface area contributed by atoms with Gasteiger partial charge in [-0.3, -0.25) is 4.79 Å². The number of hydrogen-bond donors (Lipinski definition) is 1. The Bertz CT molecular complexity index is 1060. The van der Waals surface area contributed by atoms with Gasteiger partial charge in [-0.2, -0.15) is 13.2 Å². The lowest BCUT2D eigenvalue weighted by molar-refractivity contribution is -0.263. The third-order valence-corrected chi connectivity index (χ3v) is 5.58. The molecule has 0 aliphatic heterocycles. The molecule has 0 bridgehead atoms. The number of pyridine rings is 1. The molecule has 8 heteroatoms. The van der Waals surface area contributed by atoms with E-state index >= 15 is 0 Å². The molecule has 1 aliphatic carbocycles. The number of aryl methyl sites for hydroxylation is 2. The topological polar surface area (TPSA) is 42.1 Å². The van der Waals surface area contributed by atoms with Crippen molar-refractivity contribution in [2.24, 2.45) is 5.92 Å². The molecule has 0 saturated heterocycles. The van der Waals surface area contributed by atoms with Crippen molar-refractivity contribution in [1.29, 1.82) is 0 Å². The average Bonchev–Trinajstić information content (AvgIpc) is 3.47. The van der Waals surface area contributed by atoms with Crippen LogP contribution in [0.2, 0.25) is 10.0 Å². The van der Waals surface area contributed by atoms with E-state index in [9.17, 15) is 18.0 Å². The minimum Gasteiger partial charge on any atom is -0.345 e. The fourth-order valence-electron chi connectivity index (χ4n) is 3.04. The molecule has 1 aromatic carbocycles. The van der Waals surface area contributed by atoms with Crippen LogP contribution in [0.15, 0.2) is 29.1 Å². The second-order valence-electron chi connectivity index (χ2n) is 7.26. The van der Waals surface area contributed by atoms with E-state index in [0.717, 1.165) is 12.8 Å². The number of benzene rings is 1. The number of ether oxygens (including phenoxy) is 1. The second kappa shape index (κ2) is 8.66. The standard InChI is InChI=1S/C22H20Cl2F3NO2/c1-3-15-10-18(20(29)28-13(15)2)21(22(25,26)27,9-8-14-4-5-14)30-12-16-6-7-17(23)11-19(16)24/h6-7,10-11,14H,3-5,12H2,1-2H3,(H,28,29)/t21-/m0/s1. The van der Waals surface area contributed by atoms with Crippen LogP contribution in [0.3, 0.4) is 0 Å².